The van der Waals surface area contributed by atoms with Crippen LogP contribution in [0.2, 0.25) is 5.02 Å². The molecule has 0 spiro atoms. The van der Waals surface area contributed by atoms with E-state index in [4.69, 9.17) is 26.8 Å². The summed E-state index contributed by atoms with van der Waals surface area (Å²) in [5.74, 6) is -0.664. The molecule has 0 unspecified atom stereocenters. The average molecular weight is 406 g/mol. The normalized spacial score (nSPS) is 10.1. The Bertz CT molecular complexity index is 888. The molecule has 0 aromatic heterocycles. The summed E-state index contributed by atoms with van der Waals surface area (Å²) in [7, 11) is 2.94. The number of amides is 3. The number of likely N-dealkylation sites (N-methyl/N-ethyl adjacent to an activating group) is 1. The fourth-order valence-electron chi connectivity index (χ4n) is 2.27. The first-order valence-electron chi connectivity index (χ1n) is 8.20. The molecule has 3 N–H and O–H groups in total. The van der Waals surface area contributed by atoms with E-state index in [9.17, 15) is 14.4 Å². The molecule has 0 aliphatic heterocycles. The zero-order valence-electron chi connectivity index (χ0n) is 15.4. The molecule has 0 aliphatic carbocycles. The topological polar surface area (TPSA) is 111 Å². The molecule has 3 amide bonds. The molecule has 28 heavy (non-hydrogen) atoms. The first-order chi connectivity index (χ1) is 13.3. The number of benzene rings is 2. The number of nitrogens with zero attached hydrogens (tertiary/aromatic N) is 1. The Balaban J connectivity index is 1.90. The second-order valence-corrected chi connectivity index (χ2v) is 6.26. The first-order valence-corrected chi connectivity index (χ1v) is 8.58. The van der Waals surface area contributed by atoms with E-state index in [0.717, 1.165) is 0 Å². The number of nitrogens with two attached hydrogens (primary N) is 1. The van der Waals surface area contributed by atoms with Gasteiger partial charge in [0.25, 0.3) is 5.91 Å². The van der Waals surface area contributed by atoms with E-state index in [2.05, 4.69) is 5.32 Å². The lowest BCUT2D eigenvalue weighted by Gasteiger charge is -2.18. The van der Waals surface area contributed by atoms with Crippen LogP contribution in [0.15, 0.2) is 42.5 Å². The number of halogens is 1. The Morgan fingerprint density at radius 2 is 1.93 bits per heavy atom. The van der Waals surface area contributed by atoms with E-state index >= 15 is 0 Å². The van der Waals surface area contributed by atoms with Crippen molar-refractivity contribution in [2.24, 2.45) is 5.73 Å². The molecule has 0 saturated carbocycles. The van der Waals surface area contributed by atoms with Gasteiger partial charge in [0.15, 0.2) is 6.61 Å². The van der Waals surface area contributed by atoms with E-state index in [1.165, 1.54) is 31.2 Å². The quantitative estimate of drug-likeness (QED) is 0.697. The molecule has 0 aliphatic rings. The van der Waals surface area contributed by atoms with Gasteiger partial charge in [0.2, 0.25) is 11.8 Å². The molecular formula is C19H20ClN3O5. The monoisotopic (exact) mass is 405 g/mol. The third kappa shape index (κ3) is 5.88. The van der Waals surface area contributed by atoms with Gasteiger partial charge in [0, 0.05) is 17.6 Å². The number of primary amides is 1. The van der Waals surface area contributed by atoms with Crippen LogP contribution in [-0.4, -0.2) is 49.9 Å². The number of carbonyl (C=O) groups excluding carboxylic acids is 3. The van der Waals surface area contributed by atoms with Crippen LogP contribution in [0.3, 0.4) is 0 Å². The molecule has 8 nitrogen and oxygen atoms in total. The highest BCUT2D eigenvalue weighted by Crippen LogP contribution is 2.27. The number of rotatable bonds is 8. The van der Waals surface area contributed by atoms with Crippen molar-refractivity contribution in [2.75, 3.05) is 32.6 Å². The van der Waals surface area contributed by atoms with Crippen molar-refractivity contribution in [3.63, 3.8) is 0 Å². The fourth-order valence-corrected chi connectivity index (χ4v) is 2.44. The number of methoxy groups -OCH3 is 1. The highest BCUT2D eigenvalue weighted by molar-refractivity contribution is 6.31. The zero-order chi connectivity index (χ0) is 20.7. The number of anilines is 1. The molecule has 2 aromatic rings. The zero-order valence-corrected chi connectivity index (χ0v) is 16.2. The third-order valence-corrected chi connectivity index (χ3v) is 3.96. The lowest BCUT2D eigenvalue weighted by Crippen LogP contribution is -2.37. The van der Waals surface area contributed by atoms with Crippen LogP contribution in [0.4, 0.5) is 5.69 Å². The van der Waals surface area contributed by atoms with Gasteiger partial charge in [-0.3, -0.25) is 14.4 Å². The fraction of sp³-hybridized carbons (Fsp3) is 0.211. The van der Waals surface area contributed by atoms with E-state index in [-0.39, 0.29) is 18.7 Å². The maximum atomic E-state index is 12.2. The van der Waals surface area contributed by atoms with Gasteiger partial charge in [-0.15, -0.1) is 0 Å². The summed E-state index contributed by atoms with van der Waals surface area (Å²) in [5, 5.41) is 3.08. The molecule has 2 aromatic carbocycles. The summed E-state index contributed by atoms with van der Waals surface area (Å²) in [6.07, 6.45) is 0. The van der Waals surface area contributed by atoms with Crippen LogP contribution in [-0.2, 0) is 9.59 Å². The predicted molar refractivity (Wildman–Crippen MR) is 105 cm³/mol. The minimum Gasteiger partial charge on any atom is -0.495 e. The Morgan fingerprint density at radius 1 is 1.18 bits per heavy atom. The first kappa shape index (κ1) is 21.0. The Hall–Kier alpha value is -3.26. The van der Waals surface area contributed by atoms with E-state index in [1.54, 1.807) is 30.3 Å². The van der Waals surface area contributed by atoms with Crippen LogP contribution in [0.1, 0.15) is 10.4 Å². The Labute approximate surface area is 167 Å². The number of ether oxygens (including phenoxy) is 2. The molecule has 0 fully saturated rings. The van der Waals surface area contributed by atoms with Gasteiger partial charge in [-0.05, 0) is 36.4 Å². The van der Waals surface area contributed by atoms with Gasteiger partial charge in [-0.1, -0.05) is 17.7 Å². The standard InChI is InChI=1S/C19H20ClN3O5/c1-23(10-17(24)22-15-9-13(20)6-7-16(15)27-2)18(25)11-28-14-5-3-4-12(8-14)19(21)26/h3-9H,10-11H2,1-2H3,(H2,21,26)(H,22,24). The number of hydrogen-bond acceptors (Lipinski definition) is 5. The SMILES string of the molecule is COc1ccc(Cl)cc1NC(=O)CN(C)C(=O)COc1cccc(C(N)=O)c1. The highest BCUT2D eigenvalue weighted by Gasteiger charge is 2.15. The van der Waals surface area contributed by atoms with Gasteiger partial charge in [0.05, 0.1) is 19.3 Å². The predicted octanol–water partition coefficient (Wildman–Crippen LogP) is 1.92. The van der Waals surface area contributed by atoms with Crippen molar-refractivity contribution < 1.29 is 23.9 Å². The second kappa shape index (κ2) is 9.61. The third-order valence-electron chi connectivity index (χ3n) is 3.72. The molecule has 0 radical (unpaired) electrons. The van der Waals surface area contributed by atoms with Crippen LogP contribution >= 0.6 is 11.6 Å². The maximum absolute atomic E-state index is 12.2. The van der Waals surface area contributed by atoms with Gasteiger partial charge < -0.3 is 25.4 Å². The summed E-state index contributed by atoms with van der Waals surface area (Å²) < 4.78 is 10.5. The molecule has 0 atom stereocenters. The van der Waals surface area contributed by atoms with Crippen LogP contribution < -0.4 is 20.5 Å². The lowest BCUT2D eigenvalue weighted by molar-refractivity contribution is -0.135. The molecule has 148 valence electrons. The summed E-state index contributed by atoms with van der Waals surface area (Å²) in [4.78, 5) is 36.8. The number of hydrogen-bond donors (Lipinski definition) is 2. The van der Waals surface area contributed by atoms with Crippen LogP contribution in [0, 0.1) is 0 Å². The molecule has 0 heterocycles. The highest BCUT2D eigenvalue weighted by atomic mass is 35.5. The maximum Gasteiger partial charge on any atom is 0.260 e. The molecule has 0 saturated heterocycles. The van der Waals surface area contributed by atoms with Crippen molar-refractivity contribution in [3.8, 4) is 11.5 Å². The molecule has 9 heteroatoms. The lowest BCUT2D eigenvalue weighted by atomic mass is 10.2. The minimum atomic E-state index is -0.595. The van der Waals surface area contributed by atoms with Crippen molar-refractivity contribution in [1.29, 1.82) is 0 Å². The van der Waals surface area contributed by atoms with Crippen LogP contribution in [0.25, 0.3) is 0 Å². The number of carbonyl (C=O) groups is 3. The largest absolute Gasteiger partial charge is 0.495 e. The van der Waals surface area contributed by atoms with E-state index < -0.39 is 17.7 Å². The van der Waals surface area contributed by atoms with Gasteiger partial charge >= 0.3 is 0 Å². The van der Waals surface area contributed by atoms with Crippen molar-refractivity contribution in [2.45, 2.75) is 0 Å². The summed E-state index contributed by atoms with van der Waals surface area (Å²) >= 11 is 5.93. The number of nitrogens with one attached hydrogen (secondary N) is 1. The molecule has 2 rings (SSSR count). The minimum absolute atomic E-state index is 0.195. The smallest absolute Gasteiger partial charge is 0.260 e. The summed E-state index contributed by atoms with van der Waals surface area (Å²) in [6.45, 7) is -0.494. The van der Waals surface area contributed by atoms with Crippen LogP contribution in [0.5, 0.6) is 11.5 Å². The van der Waals surface area contributed by atoms with E-state index in [0.29, 0.717) is 22.2 Å². The van der Waals surface area contributed by atoms with Gasteiger partial charge in [0.1, 0.15) is 11.5 Å². The average Bonchev–Trinajstić information content (AvgIpc) is 2.66. The van der Waals surface area contributed by atoms with E-state index in [1.807, 2.05) is 0 Å². The van der Waals surface area contributed by atoms with Crippen molar-refractivity contribution in [1.82, 2.24) is 4.90 Å². The summed E-state index contributed by atoms with van der Waals surface area (Å²) in [6, 6.07) is 11.0. The summed E-state index contributed by atoms with van der Waals surface area (Å²) in [5.41, 5.74) is 5.88. The van der Waals surface area contributed by atoms with Gasteiger partial charge in [-0.2, -0.15) is 0 Å². The Kier molecular flexibility index (Phi) is 7.22. The van der Waals surface area contributed by atoms with Crippen molar-refractivity contribution >= 4 is 35.0 Å². The van der Waals surface area contributed by atoms with Crippen molar-refractivity contribution in [3.05, 3.63) is 53.1 Å². The molecular weight excluding hydrogens is 386 g/mol. The molecule has 0 bridgehead atoms. The van der Waals surface area contributed by atoms with Gasteiger partial charge in [-0.25, -0.2) is 0 Å². The second-order valence-electron chi connectivity index (χ2n) is 5.82. The Morgan fingerprint density at radius 3 is 2.61 bits per heavy atom.